The molecule has 2 aromatic rings. The maximum Gasteiger partial charge on any atom is 0.240 e. The SMILES string of the molecule is COc1ccc(S(=O)(=O)NCCSCc2cccc(C)c2)cc1C(C)C. The Morgan fingerprint density at radius 1 is 1.15 bits per heavy atom. The van der Waals surface area contributed by atoms with Crippen LogP contribution in [0.25, 0.3) is 0 Å². The van der Waals surface area contributed by atoms with E-state index in [0.717, 1.165) is 17.1 Å². The van der Waals surface area contributed by atoms with Crippen LogP contribution in [0.4, 0.5) is 0 Å². The fourth-order valence-electron chi connectivity index (χ4n) is 2.65. The summed E-state index contributed by atoms with van der Waals surface area (Å²) >= 11 is 1.72. The predicted molar refractivity (Wildman–Crippen MR) is 110 cm³/mol. The van der Waals surface area contributed by atoms with Crippen molar-refractivity contribution in [2.75, 3.05) is 19.4 Å². The van der Waals surface area contributed by atoms with Gasteiger partial charge in [-0.3, -0.25) is 0 Å². The molecule has 0 aromatic heterocycles. The summed E-state index contributed by atoms with van der Waals surface area (Å²) in [4.78, 5) is 0.283. The van der Waals surface area contributed by atoms with Gasteiger partial charge in [-0.2, -0.15) is 11.8 Å². The first-order valence-corrected chi connectivity index (χ1v) is 11.3. The molecule has 0 unspecified atom stereocenters. The molecule has 0 aliphatic rings. The van der Waals surface area contributed by atoms with E-state index < -0.39 is 10.0 Å². The number of rotatable bonds is 9. The van der Waals surface area contributed by atoms with E-state index in [1.54, 1.807) is 37.1 Å². The quantitative estimate of drug-likeness (QED) is 0.644. The molecular weight excluding hydrogens is 366 g/mol. The molecule has 0 heterocycles. The molecule has 0 amide bonds. The molecule has 6 heteroatoms. The molecule has 0 saturated carbocycles. The largest absolute Gasteiger partial charge is 0.496 e. The third-order valence-electron chi connectivity index (χ3n) is 4.02. The van der Waals surface area contributed by atoms with Crippen LogP contribution in [0.1, 0.15) is 36.5 Å². The van der Waals surface area contributed by atoms with Crippen LogP contribution in [0.2, 0.25) is 0 Å². The minimum Gasteiger partial charge on any atom is -0.496 e. The Hall–Kier alpha value is -1.50. The van der Waals surface area contributed by atoms with Gasteiger partial charge in [0.05, 0.1) is 12.0 Å². The lowest BCUT2D eigenvalue weighted by molar-refractivity contribution is 0.407. The van der Waals surface area contributed by atoms with Gasteiger partial charge in [0.2, 0.25) is 10.0 Å². The minimum absolute atomic E-state index is 0.185. The molecule has 0 atom stereocenters. The highest BCUT2D eigenvalue weighted by atomic mass is 32.2. The fraction of sp³-hybridized carbons (Fsp3) is 0.400. The summed E-state index contributed by atoms with van der Waals surface area (Å²) in [5, 5.41) is 0. The summed E-state index contributed by atoms with van der Waals surface area (Å²) in [6, 6.07) is 13.4. The van der Waals surface area contributed by atoms with E-state index in [0.29, 0.717) is 12.3 Å². The van der Waals surface area contributed by atoms with Crippen LogP contribution in [0, 0.1) is 6.92 Å². The van der Waals surface area contributed by atoms with Gasteiger partial charge in [-0.25, -0.2) is 13.1 Å². The topological polar surface area (TPSA) is 55.4 Å². The van der Waals surface area contributed by atoms with Crippen molar-refractivity contribution in [3.63, 3.8) is 0 Å². The Kier molecular flexibility index (Phi) is 7.55. The number of thioether (sulfide) groups is 1. The van der Waals surface area contributed by atoms with Crippen LogP contribution in [0.5, 0.6) is 5.75 Å². The zero-order valence-electron chi connectivity index (χ0n) is 15.8. The number of ether oxygens (including phenoxy) is 1. The monoisotopic (exact) mass is 393 g/mol. The van der Waals surface area contributed by atoms with Crippen molar-refractivity contribution < 1.29 is 13.2 Å². The van der Waals surface area contributed by atoms with E-state index in [4.69, 9.17) is 4.74 Å². The van der Waals surface area contributed by atoms with Crippen LogP contribution < -0.4 is 9.46 Å². The molecule has 2 rings (SSSR count). The normalized spacial score (nSPS) is 11.7. The van der Waals surface area contributed by atoms with E-state index in [2.05, 4.69) is 29.8 Å². The molecule has 0 radical (unpaired) electrons. The number of hydrogen-bond acceptors (Lipinski definition) is 4. The summed E-state index contributed by atoms with van der Waals surface area (Å²) in [7, 11) is -1.92. The molecule has 0 saturated heterocycles. The Labute approximate surface area is 161 Å². The molecular formula is C20H27NO3S2. The van der Waals surface area contributed by atoms with E-state index in [-0.39, 0.29) is 10.8 Å². The smallest absolute Gasteiger partial charge is 0.240 e. The van der Waals surface area contributed by atoms with Crippen molar-refractivity contribution in [3.05, 3.63) is 59.2 Å². The van der Waals surface area contributed by atoms with E-state index in [9.17, 15) is 8.42 Å². The maximum atomic E-state index is 12.5. The number of sulfonamides is 1. The van der Waals surface area contributed by atoms with Gasteiger partial charge in [0.25, 0.3) is 0 Å². The molecule has 0 aliphatic carbocycles. The molecule has 1 N–H and O–H groups in total. The summed E-state index contributed by atoms with van der Waals surface area (Å²) in [6.07, 6.45) is 0. The van der Waals surface area contributed by atoms with Crippen LogP contribution in [0.3, 0.4) is 0 Å². The Bertz CT molecular complexity index is 833. The van der Waals surface area contributed by atoms with Crippen LogP contribution in [-0.2, 0) is 15.8 Å². The molecule has 0 spiro atoms. The van der Waals surface area contributed by atoms with Crippen molar-refractivity contribution in [3.8, 4) is 5.75 Å². The van der Waals surface area contributed by atoms with Crippen LogP contribution in [0.15, 0.2) is 47.4 Å². The fourth-order valence-corrected chi connectivity index (χ4v) is 4.66. The van der Waals surface area contributed by atoms with Gasteiger partial charge in [-0.05, 0) is 42.2 Å². The highest BCUT2D eigenvalue weighted by Crippen LogP contribution is 2.28. The second-order valence-electron chi connectivity index (χ2n) is 6.50. The molecule has 2 aromatic carbocycles. The second-order valence-corrected chi connectivity index (χ2v) is 9.37. The van der Waals surface area contributed by atoms with Crippen LogP contribution >= 0.6 is 11.8 Å². The Balaban J connectivity index is 1.91. The molecule has 4 nitrogen and oxygen atoms in total. The lowest BCUT2D eigenvalue weighted by atomic mass is 10.0. The summed E-state index contributed by atoms with van der Waals surface area (Å²) < 4.78 is 33.1. The average molecular weight is 394 g/mol. The highest BCUT2D eigenvalue weighted by molar-refractivity contribution is 7.98. The first-order valence-electron chi connectivity index (χ1n) is 8.64. The van der Waals surface area contributed by atoms with Crippen molar-refractivity contribution in [1.82, 2.24) is 4.72 Å². The first-order chi connectivity index (χ1) is 12.3. The van der Waals surface area contributed by atoms with Crippen molar-refractivity contribution in [2.24, 2.45) is 0 Å². The van der Waals surface area contributed by atoms with E-state index >= 15 is 0 Å². The average Bonchev–Trinajstić information content (AvgIpc) is 2.60. The highest BCUT2D eigenvalue weighted by Gasteiger charge is 2.17. The minimum atomic E-state index is -3.51. The number of methoxy groups -OCH3 is 1. The van der Waals surface area contributed by atoms with Gasteiger partial charge in [0, 0.05) is 18.1 Å². The third-order valence-corrected chi connectivity index (χ3v) is 6.51. The standard InChI is InChI=1S/C20H27NO3S2/c1-15(2)19-13-18(8-9-20(19)24-4)26(22,23)21-10-11-25-14-17-7-5-6-16(3)12-17/h5-9,12-13,15,21H,10-11,14H2,1-4H3. The zero-order valence-corrected chi connectivity index (χ0v) is 17.4. The molecule has 0 fully saturated rings. The maximum absolute atomic E-state index is 12.5. The van der Waals surface area contributed by atoms with E-state index in [1.807, 2.05) is 19.9 Å². The number of hydrogen-bond donors (Lipinski definition) is 1. The molecule has 0 bridgehead atoms. The van der Waals surface area contributed by atoms with Gasteiger partial charge < -0.3 is 4.74 Å². The predicted octanol–water partition coefficient (Wildman–Crippen LogP) is 4.34. The first kappa shape index (κ1) is 20.8. The summed E-state index contributed by atoms with van der Waals surface area (Å²) in [6.45, 7) is 6.51. The molecule has 142 valence electrons. The van der Waals surface area contributed by atoms with Crippen LogP contribution in [-0.4, -0.2) is 27.8 Å². The molecule has 26 heavy (non-hydrogen) atoms. The van der Waals surface area contributed by atoms with Gasteiger partial charge in [-0.1, -0.05) is 43.7 Å². The second kappa shape index (κ2) is 9.44. The number of nitrogens with one attached hydrogen (secondary N) is 1. The van der Waals surface area contributed by atoms with Crippen molar-refractivity contribution in [2.45, 2.75) is 37.3 Å². The Morgan fingerprint density at radius 3 is 2.58 bits per heavy atom. The van der Waals surface area contributed by atoms with Gasteiger partial charge in [0.15, 0.2) is 0 Å². The number of aryl methyl sites for hydroxylation is 1. The lowest BCUT2D eigenvalue weighted by Gasteiger charge is -2.14. The third kappa shape index (κ3) is 5.76. The zero-order chi connectivity index (χ0) is 19.2. The lowest BCUT2D eigenvalue weighted by Crippen LogP contribution is -2.26. The summed E-state index contributed by atoms with van der Waals surface area (Å²) in [5.74, 6) is 2.50. The number of benzene rings is 2. The Morgan fingerprint density at radius 2 is 1.92 bits per heavy atom. The van der Waals surface area contributed by atoms with Gasteiger partial charge in [0.1, 0.15) is 5.75 Å². The van der Waals surface area contributed by atoms with Gasteiger partial charge in [-0.15, -0.1) is 0 Å². The van der Waals surface area contributed by atoms with Crippen molar-refractivity contribution in [1.29, 1.82) is 0 Å². The van der Waals surface area contributed by atoms with E-state index in [1.165, 1.54) is 11.1 Å². The molecule has 0 aliphatic heterocycles. The van der Waals surface area contributed by atoms with Gasteiger partial charge >= 0.3 is 0 Å². The summed E-state index contributed by atoms with van der Waals surface area (Å²) in [5.41, 5.74) is 3.39. The van der Waals surface area contributed by atoms with Crippen molar-refractivity contribution >= 4 is 21.8 Å².